The van der Waals surface area contributed by atoms with Gasteiger partial charge in [0.2, 0.25) is 10.0 Å². The third kappa shape index (κ3) is 4.81. The average molecular weight is 307 g/mol. The largest absolute Gasteiger partial charge is 0.326 e. The predicted octanol–water partition coefficient (Wildman–Crippen LogP) is 1.64. The molecule has 6 heteroatoms. The van der Waals surface area contributed by atoms with Crippen LogP contribution in [-0.2, 0) is 15.8 Å². The molecule has 114 valence electrons. The van der Waals surface area contributed by atoms with Crippen molar-refractivity contribution in [1.29, 1.82) is 5.26 Å². The van der Waals surface area contributed by atoms with Crippen molar-refractivity contribution in [2.75, 3.05) is 0 Å². The van der Waals surface area contributed by atoms with Gasteiger partial charge in [-0.05, 0) is 30.5 Å². The highest BCUT2D eigenvalue weighted by molar-refractivity contribution is 7.88. The van der Waals surface area contributed by atoms with E-state index in [0.29, 0.717) is 11.1 Å². The third-order valence-corrected chi connectivity index (χ3v) is 5.22. The van der Waals surface area contributed by atoms with E-state index < -0.39 is 10.0 Å². The van der Waals surface area contributed by atoms with Gasteiger partial charge in [0, 0.05) is 12.1 Å². The van der Waals surface area contributed by atoms with Crippen LogP contribution in [0, 0.1) is 11.3 Å². The van der Waals surface area contributed by atoms with E-state index in [1.807, 2.05) is 6.07 Å². The lowest BCUT2D eigenvalue weighted by molar-refractivity contribution is 0.456. The Kier molecular flexibility index (Phi) is 5.34. The van der Waals surface area contributed by atoms with E-state index in [2.05, 4.69) is 4.72 Å². The first kappa shape index (κ1) is 16.0. The summed E-state index contributed by atoms with van der Waals surface area (Å²) in [5, 5.41) is 8.74. The number of hydrogen-bond acceptors (Lipinski definition) is 4. The highest BCUT2D eigenvalue weighted by Crippen LogP contribution is 2.18. The standard InChI is InChI=1S/C15H21N3O2S/c16-10-12-6-8-13(9-7-12)11-21(19,20)18-15-5-3-1-2-4-14(15)17/h6-9,14-15,18H,1-5,11,17H2. The number of nitriles is 1. The van der Waals surface area contributed by atoms with Crippen LogP contribution in [0.5, 0.6) is 0 Å². The Morgan fingerprint density at radius 2 is 1.86 bits per heavy atom. The highest BCUT2D eigenvalue weighted by atomic mass is 32.2. The molecule has 3 N–H and O–H groups in total. The molecular weight excluding hydrogens is 286 g/mol. The second kappa shape index (κ2) is 7.03. The van der Waals surface area contributed by atoms with E-state index in [0.717, 1.165) is 32.1 Å². The molecule has 0 radical (unpaired) electrons. The molecule has 1 aliphatic rings. The summed E-state index contributed by atoms with van der Waals surface area (Å²) in [4.78, 5) is 0. The molecule has 0 bridgehead atoms. The van der Waals surface area contributed by atoms with Gasteiger partial charge in [-0.2, -0.15) is 5.26 Å². The quantitative estimate of drug-likeness (QED) is 0.826. The summed E-state index contributed by atoms with van der Waals surface area (Å²) in [5.74, 6) is -0.0814. The number of nitrogens with zero attached hydrogens (tertiary/aromatic N) is 1. The molecule has 0 aromatic heterocycles. The van der Waals surface area contributed by atoms with E-state index in [4.69, 9.17) is 11.0 Å². The zero-order valence-electron chi connectivity index (χ0n) is 12.0. The lowest BCUT2D eigenvalue weighted by Crippen LogP contribution is -2.47. The smallest absolute Gasteiger partial charge is 0.216 e. The second-order valence-corrected chi connectivity index (χ2v) is 7.35. The van der Waals surface area contributed by atoms with E-state index in [1.165, 1.54) is 0 Å². The van der Waals surface area contributed by atoms with Crippen molar-refractivity contribution in [2.45, 2.75) is 49.9 Å². The Hall–Kier alpha value is -1.42. The van der Waals surface area contributed by atoms with Crippen molar-refractivity contribution in [1.82, 2.24) is 4.72 Å². The molecule has 1 aromatic rings. The fraction of sp³-hybridized carbons (Fsp3) is 0.533. The molecule has 21 heavy (non-hydrogen) atoms. The lowest BCUT2D eigenvalue weighted by atomic mass is 10.1. The summed E-state index contributed by atoms with van der Waals surface area (Å²) in [7, 11) is -3.42. The zero-order chi connectivity index (χ0) is 15.3. The van der Waals surface area contributed by atoms with Crippen LogP contribution in [0.1, 0.15) is 43.2 Å². The van der Waals surface area contributed by atoms with Crippen molar-refractivity contribution in [3.05, 3.63) is 35.4 Å². The van der Waals surface area contributed by atoms with Gasteiger partial charge in [0.25, 0.3) is 0 Å². The van der Waals surface area contributed by atoms with Crippen molar-refractivity contribution < 1.29 is 8.42 Å². The Bertz CT molecular complexity index is 605. The summed E-state index contributed by atoms with van der Waals surface area (Å²) in [5.41, 5.74) is 7.25. The third-order valence-electron chi connectivity index (χ3n) is 3.84. The van der Waals surface area contributed by atoms with Crippen LogP contribution in [0.3, 0.4) is 0 Å². The van der Waals surface area contributed by atoms with E-state index in [1.54, 1.807) is 24.3 Å². The minimum Gasteiger partial charge on any atom is -0.326 e. The fourth-order valence-corrected chi connectivity index (χ4v) is 4.12. The van der Waals surface area contributed by atoms with Crippen LogP contribution in [-0.4, -0.2) is 20.5 Å². The van der Waals surface area contributed by atoms with Gasteiger partial charge in [0.05, 0.1) is 17.4 Å². The highest BCUT2D eigenvalue weighted by Gasteiger charge is 2.25. The molecule has 0 heterocycles. The minimum absolute atomic E-state index is 0.0814. The lowest BCUT2D eigenvalue weighted by Gasteiger charge is -2.22. The first-order valence-corrected chi connectivity index (χ1v) is 8.90. The van der Waals surface area contributed by atoms with Crippen molar-refractivity contribution in [3.63, 3.8) is 0 Å². The first-order valence-electron chi connectivity index (χ1n) is 7.25. The van der Waals surface area contributed by atoms with Gasteiger partial charge in [0.15, 0.2) is 0 Å². The number of benzene rings is 1. The van der Waals surface area contributed by atoms with Gasteiger partial charge in [-0.3, -0.25) is 0 Å². The van der Waals surface area contributed by atoms with E-state index in [9.17, 15) is 8.42 Å². The predicted molar refractivity (Wildman–Crippen MR) is 81.8 cm³/mol. The van der Waals surface area contributed by atoms with Crippen LogP contribution >= 0.6 is 0 Å². The normalized spacial score (nSPS) is 23.2. The molecule has 0 amide bonds. The minimum atomic E-state index is -3.42. The summed E-state index contributed by atoms with van der Waals surface area (Å²) < 4.78 is 27.2. The van der Waals surface area contributed by atoms with Crippen LogP contribution in [0.4, 0.5) is 0 Å². The van der Waals surface area contributed by atoms with Gasteiger partial charge in [-0.1, -0.05) is 31.4 Å². The van der Waals surface area contributed by atoms with Crippen molar-refractivity contribution in [3.8, 4) is 6.07 Å². The Balaban J connectivity index is 2.02. The number of nitrogens with one attached hydrogen (secondary N) is 1. The van der Waals surface area contributed by atoms with Crippen LogP contribution in [0.2, 0.25) is 0 Å². The fourth-order valence-electron chi connectivity index (χ4n) is 2.65. The molecule has 1 aliphatic carbocycles. The zero-order valence-corrected chi connectivity index (χ0v) is 12.8. The van der Waals surface area contributed by atoms with Gasteiger partial charge in [-0.25, -0.2) is 13.1 Å². The van der Waals surface area contributed by atoms with Crippen LogP contribution in [0.25, 0.3) is 0 Å². The second-order valence-electron chi connectivity index (χ2n) is 5.59. The molecule has 1 aromatic carbocycles. The van der Waals surface area contributed by atoms with E-state index >= 15 is 0 Å². The summed E-state index contributed by atoms with van der Waals surface area (Å²) in [6, 6.07) is 8.33. The molecule has 2 atom stereocenters. The van der Waals surface area contributed by atoms with Gasteiger partial charge < -0.3 is 5.73 Å². The van der Waals surface area contributed by atoms with Gasteiger partial charge in [-0.15, -0.1) is 0 Å². The van der Waals surface area contributed by atoms with Crippen molar-refractivity contribution in [2.24, 2.45) is 5.73 Å². The molecule has 1 fully saturated rings. The Labute approximate surface area is 126 Å². The molecule has 2 unspecified atom stereocenters. The first-order chi connectivity index (χ1) is 10.00. The molecular formula is C15H21N3O2S. The average Bonchev–Trinajstić information content (AvgIpc) is 2.64. The number of sulfonamides is 1. The topological polar surface area (TPSA) is 96.0 Å². The summed E-state index contributed by atoms with van der Waals surface area (Å²) >= 11 is 0. The van der Waals surface area contributed by atoms with Crippen LogP contribution in [0.15, 0.2) is 24.3 Å². The Morgan fingerprint density at radius 1 is 1.19 bits per heavy atom. The maximum absolute atomic E-state index is 12.2. The maximum Gasteiger partial charge on any atom is 0.216 e. The number of hydrogen-bond donors (Lipinski definition) is 2. The molecule has 1 saturated carbocycles. The van der Waals surface area contributed by atoms with Gasteiger partial charge in [0.1, 0.15) is 0 Å². The van der Waals surface area contributed by atoms with Crippen molar-refractivity contribution >= 4 is 10.0 Å². The number of nitrogens with two attached hydrogens (primary N) is 1. The number of rotatable bonds is 4. The van der Waals surface area contributed by atoms with Crippen LogP contribution < -0.4 is 10.5 Å². The monoisotopic (exact) mass is 307 g/mol. The molecule has 5 nitrogen and oxygen atoms in total. The SMILES string of the molecule is N#Cc1ccc(CS(=O)(=O)NC2CCCCCC2N)cc1. The molecule has 0 aliphatic heterocycles. The summed E-state index contributed by atoms with van der Waals surface area (Å²) in [6.45, 7) is 0. The maximum atomic E-state index is 12.2. The van der Waals surface area contributed by atoms with Gasteiger partial charge >= 0.3 is 0 Å². The Morgan fingerprint density at radius 3 is 2.52 bits per heavy atom. The molecule has 2 rings (SSSR count). The van der Waals surface area contributed by atoms with E-state index in [-0.39, 0.29) is 17.8 Å². The molecule has 0 spiro atoms. The summed E-state index contributed by atoms with van der Waals surface area (Å²) in [6.07, 6.45) is 4.85. The molecule has 0 saturated heterocycles.